The zero-order valence-electron chi connectivity index (χ0n) is 10.9. The van der Waals surface area contributed by atoms with Crippen molar-refractivity contribution in [2.75, 3.05) is 5.32 Å². The fourth-order valence-corrected chi connectivity index (χ4v) is 1.92. The number of nitrogens with two attached hydrogens (primary N) is 1. The zero-order chi connectivity index (χ0) is 14.7. The van der Waals surface area contributed by atoms with Gasteiger partial charge in [0.1, 0.15) is 17.5 Å². The number of amides is 1. The number of imidazole rings is 1. The normalized spacial score (nSPS) is 11.5. The van der Waals surface area contributed by atoms with E-state index >= 15 is 0 Å². The molecule has 0 bridgehead atoms. The molecule has 0 spiro atoms. The van der Waals surface area contributed by atoms with Gasteiger partial charge in [-0.05, 0) is 12.1 Å². The SMILES string of the molecule is NC(=O)/C(=C\Nc1ccccc1)c1ncnc2nc[nH]c12. The number of fused-ring (bicyclic) bond motifs is 1. The van der Waals surface area contributed by atoms with Gasteiger partial charge in [-0.25, -0.2) is 15.0 Å². The number of anilines is 1. The van der Waals surface area contributed by atoms with Gasteiger partial charge in [-0.3, -0.25) is 4.79 Å². The van der Waals surface area contributed by atoms with Crippen LogP contribution in [0.2, 0.25) is 0 Å². The number of rotatable bonds is 4. The number of para-hydroxylation sites is 1. The van der Waals surface area contributed by atoms with Gasteiger partial charge in [-0.15, -0.1) is 0 Å². The van der Waals surface area contributed by atoms with E-state index in [1.807, 2.05) is 30.3 Å². The number of nitrogens with one attached hydrogen (secondary N) is 2. The highest BCUT2D eigenvalue weighted by molar-refractivity contribution is 6.20. The summed E-state index contributed by atoms with van der Waals surface area (Å²) in [7, 11) is 0. The predicted octanol–water partition coefficient (Wildman–Crippen LogP) is 1.29. The van der Waals surface area contributed by atoms with Gasteiger partial charge in [0.15, 0.2) is 5.65 Å². The Bertz CT molecular complexity index is 808. The summed E-state index contributed by atoms with van der Waals surface area (Å²) < 4.78 is 0. The minimum Gasteiger partial charge on any atom is -0.365 e. The molecule has 2 aromatic heterocycles. The second kappa shape index (κ2) is 5.41. The first-order valence-corrected chi connectivity index (χ1v) is 6.21. The largest absolute Gasteiger partial charge is 0.365 e. The molecule has 0 saturated heterocycles. The van der Waals surface area contributed by atoms with Gasteiger partial charge in [0.2, 0.25) is 0 Å². The minimum atomic E-state index is -0.590. The highest BCUT2D eigenvalue weighted by atomic mass is 16.1. The molecule has 3 rings (SSSR count). The summed E-state index contributed by atoms with van der Waals surface area (Å²) in [6, 6.07) is 9.43. The average molecular weight is 280 g/mol. The summed E-state index contributed by atoms with van der Waals surface area (Å²) in [6.45, 7) is 0. The van der Waals surface area contributed by atoms with Crippen molar-refractivity contribution in [2.24, 2.45) is 5.73 Å². The van der Waals surface area contributed by atoms with Gasteiger partial charge in [-0.2, -0.15) is 0 Å². The maximum absolute atomic E-state index is 11.7. The highest BCUT2D eigenvalue weighted by Crippen LogP contribution is 2.19. The monoisotopic (exact) mass is 280 g/mol. The summed E-state index contributed by atoms with van der Waals surface area (Å²) in [5.74, 6) is -0.590. The minimum absolute atomic E-state index is 0.246. The first-order valence-electron chi connectivity index (χ1n) is 6.21. The molecule has 2 heterocycles. The number of hydrogen-bond acceptors (Lipinski definition) is 5. The fourth-order valence-electron chi connectivity index (χ4n) is 1.92. The van der Waals surface area contributed by atoms with Crippen molar-refractivity contribution in [1.29, 1.82) is 0 Å². The third kappa shape index (κ3) is 2.57. The number of carbonyl (C=O) groups excluding carboxylic acids is 1. The van der Waals surface area contributed by atoms with E-state index in [-0.39, 0.29) is 5.57 Å². The molecule has 104 valence electrons. The zero-order valence-corrected chi connectivity index (χ0v) is 10.9. The summed E-state index contributed by atoms with van der Waals surface area (Å²) in [5.41, 5.74) is 7.99. The van der Waals surface area contributed by atoms with Gasteiger partial charge in [0.25, 0.3) is 5.91 Å². The van der Waals surface area contributed by atoms with Crippen LogP contribution in [0.3, 0.4) is 0 Å². The Morgan fingerprint density at radius 3 is 2.76 bits per heavy atom. The molecular weight excluding hydrogens is 268 g/mol. The lowest BCUT2D eigenvalue weighted by Gasteiger charge is -2.05. The molecule has 3 aromatic rings. The lowest BCUT2D eigenvalue weighted by Crippen LogP contribution is -2.15. The standard InChI is InChI=1S/C14H12N6O/c15-13(21)10(6-16-9-4-2-1-3-5-9)11-12-14(19-7-17-11)20-8-18-12/h1-8,16H,(H2,15,21)(H,17,18,19,20)/b10-6-. The van der Waals surface area contributed by atoms with Crippen LogP contribution in [0.5, 0.6) is 0 Å². The number of carbonyl (C=O) groups is 1. The number of nitrogens with zero attached hydrogens (tertiary/aromatic N) is 3. The van der Waals surface area contributed by atoms with Crippen LogP contribution in [-0.4, -0.2) is 25.8 Å². The molecule has 7 heteroatoms. The number of hydrogen-bond donors (Lipinski definition) is 3. The van der Waals surface area contributed by atoms with Gasteiger partial charge in [-0.1, -0.05) is 18.2 Å². The van der Waals surface area contributed by atoms with Crippen molar-refractivity contribution in [3.63, 3.8) is 0 Å². The van der Waals surface area contributed by atoms with Gasteiger partial charge in [0.05, 0.1) is 11.9 Å². The number of benzene rings is 1. The molecule has 0 aliphatic carbocycles. The number of primary amides is 1. The van der Waals surface area contributed by atoms with E-state index in [4.69, 9.17) is 5.73 Å². The van der Waals surface area contributed by atoms with Crippen molar-refractivity contribution < 1.29 is 4.79 Å². The molecule has 0 atom stereocenters. The van der Waals surface area contributed by atoms with E-state index in [2.05, 4.69) is 25.3 Å². The van der Waals surface area contributed by atoms with Crippen LogP contribution in [0.1, 0.15) is 5.69 Å². The van der Waals surface area contributed by atoms with Crippen molar-refractivity contribution in [3.8, 4) is 0 Å². The van der Waals surface area contributed by atoms with Crippen LogP contribution in [-0.2, 0) is 4.79 Å². The van der Waals surface area contributed by atoms with Crippen LogP contribution >= 0.6 is 0 Å². The predicted molar refractivity (Wildman–Crippen MR) is 78.9 cm³/mol. The maximum Gasteiger partial charge on any atom is 0.252 e. The van der Waals surface area contributed by atoms with Crippen LogP contribution in [0.25, 0.3) is 16.7 Å². The molecular formula is C14H12N6O. The lowest BCUT2D eigenvalue weighted by atomic mass is 10.1. The molecule has 0 fully saturated rings. The number of H-pyrrole nitrogens is 1. The molecule has 0 aliphatic rings. The smallest absolute Gasteiger partial charge is 0.252 e. The number of aromatic amines is 1. The van der Waals surface area contributed by atoms with Gasteiger partial charge < -0.3 is 16.0 Å². The first-order chi connectivity index (χ1) is 10.3. The van der Waals surface area contributed by atoms with Crippen LogP contribution in [0.4, 0.5) is 5.69 Å². The van der Waals surface area contributed by atoms with E-state index in [1.54, 1.807) is 0 Å². The van der Waals surface area contributed by atoms with Crippen LogP contribution in [0, 0.1) is 0 Å². The second-order valence-electron chi connectivity index (χ2n) is 4.26. The molecule has 1 amide bonds. The third-order valence-electron chi connectivity index (χ3n) is 2.90. The Hall–Kier alpha value is -3.22. The third-order valence-corrected chi connectivity index (χ3v) is 2.90. The molecule has 0 radical (unpaired) electrons. The Kier molecular flexibility index (Phi) is 3.30. The van der Waals surface area contributed by atoms with E-state index in [9.17, 15) is 4.79 Å². The Balaban J connectivity index is 2.02. The molecule has 0 unspecified atom stereocenters. The summed E-state index contributed by atoms with van der Waals surface area (Å²) in [5, 5.41) is 3.02. The number of aromatic nitrogens is 4. The molecule has 0 saturated carbocycles. The average Bonchev–Trinajstić information content (AvgIpc) is 2.97. The molecule has 1 aromatic carbocycles. The fraction of sp³-hybridized carbons (Fsp3) is 0. The Morgan fingerprint density at radius 1 is 1.19 bits per heavy atom. The van der Waals surface area contributed by atoms with E-state index < -0.39 is 5.91 Å². The van der Waals surface area contributed by atoms with Gasteiger partial charge >= 0.3 is 0 Å². The molecule has 4 N–H and O–H groups in total. The van der Waals surface area contributed by atoms with E-state index in [0.717, 1.165) is 5.69 Å². The first kappa shape index (κ1) is 12.8. The Morgan fingerprint density at radius 2 is 2.00 bits per heavy atom. The van der Waals surface area contributed by atoms with Crippen molar-refractivity contribution in [2.45, 2.75) is 0 Å². The van der Waals surface area contributed by atoms with Crippen LogP contribution < -0.4 is 11.1 Å². The lowest BCUT2D eigenvalue weighted by molar-refractivity contribution is -0.112. The van der Waals surface area contributed by atoms with Crippen molar-refractivity contribution in [3.05, 3.63) is 54.9 Å². The van der Waals surface area contributed by atoms with Crippen LogP contribution in [0.15, 0.2) is 49.2 Å². The summed E-state index contributed by atoms with van der Waals surface area (Å²) in [4.78, 5) is 26.8. The molecule has 7 nitrogen and oxygen atoms in total. The summed E-state index contributed by atoms with van der Waals surface area (Å²) >= 11 is 0. The van der Waals surface area contributed by atoms with Gasteiger partial charge in [0, 0.05) is 11.9 Å². The Labute approximate surface area is 119 Å². The van der Waals surface area contributed by atoms with Crippen molar-refractivity contribution >= 4 is 28.3 Å². The van der Waals surface area contributed by atoms with E-state index in [1.165, 1.54) is 18.9 Å². The van der Waals surface area contributed by atoms with E-state index in [0.29, 0.717) is 16.9 Å². The maximum atomic E-state index is 11.7. The second-order valence-corrected chi connectivity index (χ2v) is 4.26. The van der Waals surface area contributed by atoms with Crippen molar-refractivity contribution in [1.82, 2.24) is 19.9 Å². The topological polar surface area (TPSA) is 110 Å². The molecule has 21 heavy (non-hydrogen) atoms. The highest BCUT2D eigenvalue weighted by Gasteiger charge is 2.15. The molecule has 0 aliphatic heterocycles. The quantitative estimate of drug-likeness (QED) is 0.624. The summed E-state index contributed by atoms with van der Waals surface area (Å²) in [6.07, 6.45) is 4.37.